The summed E-state index contributed by atoms with van der Waals surface area (Å²) in [6.45, 7) is 1.20. The summed E-state index contributed by atoms with van der Waals surface area (Å²) in [6, 6.07) is 5.85. The summed E-state index contributed by atoms with van der Waals surface area (Å²) >= 11 is 0. The smallest absolute Gasteiger partial charge is 0.402 e. The monoisotopic (exact) mass is 737 g/mol. The lowest BCUT2D eigenvalue weighted by Crippen LogP contribution is -2.50. The number of carbonyl (C=O) groups excluding carboxylic acids is 3. The van der Waals surface area contributed by atoms with Gasteiger partial charge >= 0.3 is 33.3 Å². The number of nitrogens with zero attached hydrogens (tertiary/aromatic N) is 1. The van der Waals surface area contributed by atoms with Crippen molar-refractivity contribution in [3.8, 4) is 0 Å². The molecule has 6 aliphatic carbocycles. The first kappa shape index (κ1) is 37.9. The molecule has 284 valence electrons. The molecule has 6 fully saturated rings. The summed E-state index contributed by atoms with van der Waals surface area (Å²) in [4.78, 5) is 41.6. The van der Waals surface area contributed by atoms with E-state index in [9.17, 15) is 31.6 Å². The zero-order chi connectivity index (χ0) is 36.4. The molecule has 1 aromatic rings. The van der Waals surface area contributed by atoms with E-state index in [1.54, 1.807) is 12.1 Å². The Hall–Kier alpha value is -2.80. The second-order valence-corrected chi connectivity index (χ2v) is 17.9. The van der Waals surface area contributed by atoms with Gasteiger partial charge in [0.2, 0.25) is 0 Å². The van der Waals surface area contributed by atoms with Gasteiger partial charge in [0.25, 0.3) is 0 Å². The topological polar surface area (TPSA) is 137 Å². The highest BCUT2D eigenvalue weighted by Gasteiger charge is 2.55. The molecule has 1 N–H and O–H groups in total. The molecule has 0 aromatic heterocycles. The van der Waals surface area contributed by atoms with Gasteiger partial charge in [0.15, 0.2) is 6.61 Å². The van der Waals surface area contributed by atoms with Crippen LogP contribution in [0.15, 0.2) is 24.3 Å². The molecule has 3 unspecified atom stereocenters. The highest BCUT2D eigenvalue weighted by Crippen LogP contribution is 2.60. The summed E-state index contributed by atoms with van der Waals surface area (Å²) in [7, 11) is -5.75. The minimum Gasteiger partial charge on any atom is -0.463 e. The molecule has 6 saturated carbocycles. The van der Waals surface area contributed by atoms with E-state index in [-0.39, 0.29) is 30.7 Å². The maximum Gasteiger partial charge on any atom is 0.402 e. The third-order valence-corrected chi connectivity index (χ3v) is 13.5. The van der Waals surface area contributed by atoms with Crippen molar-refractivity contribution in [3.63, 3.8) is 0 Å². The van der Waals surface area contributed by atoms with E-state index in [4.69, 9.17) is 14.0 Å². The van der Waals surface area contributed by atoms with Crippen molar-refractivity contribution in [2.24, 2.45) is 40.4 Å². The number of esters is 3. The zero-order valence-corrected chi connectivity index (χ0v) is 30.5. The Bertz CT molecular complexity index is 1500. The minimum absolute atomic E-state index is 0.106. The lowest BCUT2D eigenvalue weighted by Gasteiger charge is -2.55. The van der Waals surface area contributed by atoms with E-state index in [0.29, 0.717) is 48.4 Å². The number of carbonyl (C=O) groups is 3. The minimum atomic E-state index is -5.75. The number of alkyl halides is 2. The fraction of sp³-hybridized carbons (Fsp3) is 0.763. The fourth-order valence-corrected chi connectivity index (χ4v) is 10.8. The van der Waals surface area contributed by atoms with Gasteiger partial charge in [0.1, 0.15) is 13.2 Å². The average Bonchev–Trinajstić information content (AvgIpc) is 3.20. The van der Waals surface area contributed by atoms with Crippen LogP contribution in [0.5, 0.6) is 0 Å². The van der Waals surface area contributed by atoms with Crippen LogP contribution in [0.25, 0.3) is 0 Å². The van der Waals surface area contributed by atoms with E-state index < -0.39 is 38.8 Å². The van der Waals surface area contributed by atoms with E-state index >= 15 is 0 Å². The molecule has 0 aliphatic heterocycles. The molecule has 1 aromatic carbocycles. The van der Waals surface area contributed by atoms with Crippen molar-refractivity contribution >= 4 is 33.7 Å². The van der Waals surface area contributed by atoms with Crippen LogP contribution in [0.2, 0.25) is 0 Å². The fourth-order valence-electron chi connectivity index (χ4n) is 10.6. The Morgan fingerprint density at radius 1 is 0.824 bits per heavy atom. The van der Waals surface area contributed by atoms with Gasteiger partial charge in [0, 0.05) is 5.69 Å². The predicted molar refractivity (Wildman–Crippen MR) is 185 cm³/mol. The van der Waals surface area contributed by atoms with E-state index in [2.05, 4.69) is 11.7 Å². The van der Waals surface area contributed by atoms with Gasteiger partial charge in [-0.15, -0.1) is 0 Å². The molecule has 13 heteroatoms. The van der Waals surface area contributed by atoms with Crippen LogP contribution < -0.4 is 4.90 Å². The number of anilines is 1. The predicted octanol–water partition coefficient (Wildman–Crippen LogP) is 7.21. The van der Waals surface area contributed by atoms with Crippen LogP contribution >= 0.6 is 0 Å². The number of rotatable bonds is 15. The highest BCUT2D eigenvalue weighted by atomic mass is 32.2. The average molecular weight is 738 g/mol. The molecule has 51 heavy (non-hydrogen) atoms. The molecule has 0 radical (unpaired) electrons. The van der Waals surface area contributed by atoms with Crippen molar-refractivity contribution in [1.29, 1.82) is 0 Å². The van der Waals surface area contributed by atoms with Gasteiger partial charge in [-0.1, -0.05) is 32.6 Å². The lowest BCUT2D eigenvalue weighted by atomic mass is 9.49. The normalized spacial score (nSPS) is 31.4. The molecular formula is C38H53F2NO9S. The molecule has 6 bridgehead atoms. The number of benzene rings is 1. The Balaban J connectivity index is 1.09. The molecule has 0 amide bonds. The molecule has 10 nitrogen and oxygen atoms in total. The van der Waals surface area contributed by atoms with E-state index in [1.807, 2.05) is 4.90 Å². The number of hydrogen-bond donors (Lipinski definition) is 1. The Morgan fingerprint density at radius 2 is 1.39 bits per heavy atom. The molecule has 7 rings (SSSR count). The molecule has 0 spiro atoms. The van der Waals surface area contributed by atoms with E-state index in [1.165, 1.54) is 44.2 Å². The van der Waals surface area contributed by atoms with E-state index in [0.717, 1.165) is 64.2 Å². The lowest BCUT2D eigenvalue weighted by molar-refractivity contribution is -0.171. The van der Waals surface area contributed by atoms with Crippen LogP contribution in [0.4, 0.5) is 14.5 Å². The summed E-state index contributed by atoms with van der Waals surface area (Å²) in [5.41, 5.74) is -0.331. The van der Waals surface area contributed by atoms with Crippen LogP contribution in [-0.4, -0.2) is 69.0 Å². The highest BCUT2D eigenvalue weighted by molar-refractivity contribution is 7.86. The molecule has 6 aliphatic rings. The summed E-state index contributed by atoms with van der Waals surface area (Å²) < 4.78 is 74.1. The van der Waals surface area contributed by atoms with Crippen molar-refractivity contribution in [2.75, 3.05) is 37.8 Å². The van der Waals surface area contributed by atoms with Gasteiger partial charge in [-0.3, -0.25) is 14.1 Å². The first-order valence-electron chi connectivity index (χ1n) is 18.9. The SMILES string of the molecule is CCCC1CCC2(C(=O)OCCN(CCOC(=O)C34CC5CC(CC(C5)C3)C4)c3ccc(C(=O)OCC(F)(F)S(=O)(=O)O)cc3)CCCC(C1)C2. The summed E-state index contributed by atoms with van der Waals surface area (Å²) in [6.07, 6.45) is 15.7. The summed E-state index contributed by atoms with van der Waals surface area (Å²) in [5, 5.41) is -4.64. The third kappa shape index (κ3) is 8.55. The first-order chi connectivity index (χ1) is 24.2. The van der Waals surface area contributed by atoms with Crippen LogP contribution in [-0.2, 0) is 33.9 Å². The van der Waals surface area contributed by atoms with Crippen LogP contribution in [0.1, 0.15) is 114 Å². The Kier molecular flexibility index (Phi) is 11.4. The third-order valence-electron chi connectivity index (χ3n) is 12.7. The Morgan fingerprint density at radius 3 is 1.96 bits per heavy atom. The van der Waals surface area contributed by atoms with Gasteiger partial charge < -0.3 is 19.1 Å². The van der Waals surface area contributed by atoms with Crippen LogP contribution in [0, 0.1) is 40.4 Å². The molecule has 3 atom stereocenters. The van der Waals surface area contributed by atoms with Gasteiger partial charge in [-0.25, -0.2) is 4.79 Å². The maximum absolute atomic E-state index is 13.7. The van der Waals surface area contributed by atoms with Crippen molar-refractivity contribution in [1.82, 2.24) is 0 Å². The molecule has 0 saturated heterocycles. The Labute approximate surface area is 300 Å². The van der Waals surface area contributed by atoms with Gasteiger partial charge in [-0.05, 0) is 124 Å². The quantitative estimate of drug-likeness (QED) is 0.112. The summed E-state index contributed by atoms with van der Waals surface area (Å²) in [5.74, 6) is 1.55. The van der Waals surface area contributed by atoms with Crippen LogP contribution in [0.3, 0.4) is 0 Å². The number of halogens is 2. The van der Waals surface area contributed by atoms with Crippen molar-refractivity contribution in [2.45, 2.75) is 108 Å². The number of hydrogen-bond acceptors (Lipinski definition) is 9. The van der Waals surface area contributed by atoms with Crippen molar-refractivity contribution < 1.29 is 50.3 Å². The first-order valence-corrected chi connectivity index (χ1v) is 20.4. The standard InChI is InChI=1S/C38H53F2NO9S/c1-2-4-26-10-12-36(11-3-5-27(17-26)21-36)34(43)48-15-13-41(14-16-49-35(44)37-22-28-18-29(23-37)20-30(19-28)24-37)32-8-6-31(7-9-32)33(42)50-25-38(39,40)51(45,46)47/h6-9,26-30H,2-5,10-25H2,1H3,(H,45,46,47). The van der Waals surface area contributed by atoms with Gasteiger partial charge in [-0.2, -0.15) is 17.2 Å². The number of fused-ring (bicyclic) bond motifs is 2. The molecular weight excluding hydrogens is 684 g/mol. The number of ether oxygens (including phenoxy) is 3. The zero-order valence-electron chi connectivity index (χ0n) is 29.7. The largest absolute Gasteiger partial charge is 0.463 e. The maximum atomic E-state index is 13.7. The van der Waals surface area contributed by atoms with Crippen molar-refractivity contribution in [3.05, 3.63) is 29.8 Å². The second-order valence-electron chi connectivity index (χ2n) is 16.4. The molecule has 0 heterocycles. The second kappa shape index (κ2) is 15.3. The van der Waals surface area contributed by atoms with Gasteiger partial charge in [0.05, 0.1) is 29.5 Å².